The molecule has 0 saturated carbocycles. The van der Waals surface area contributed by atoms with Crippen LogP contribution in [-0.2, 0) is 0 Å². The standard InChI is InChI=1S/C12H7ClN2O2/c13-8-3-1-2-7-6-9(17-11(7)8)10(16)12-14-4-5-15-12/h1-6H,(H,14,15). The topological polar surface area (TPSA) is 58.9 Å². The summed E-state index contributed by atoms with van der Waals surface area (Å²) in [5.41, 5.74) is 0.518. The lowest BCUT2D eigenvalue weighted by Gasteiger charge is -1.91. The minimum Gasteiger partial charge on any atom is -0.451 e. The highest BCUT2D eigenvalue weighted by Gasteiger charge is 2.17. The molecule has 0 bridgehead atoms. The number of halogens is 1. The van der Waals surface area contributed by atoms with Crippen LogP contribution in [0.1, 0.15) is 16.4 Å². The van der Waals surface area contributed by atoms with E-state index in [2.05, 4.69) is 9.97 Å². The highest BCUT2D eigenvalue weighted by Crippen LogP contribution is 2.27. The molecule has 0 fully saturated rings. The molecule has 0 aliphatic rings. The first kappa shape index (κ1) is 10.1. The third-order valence-corrected chi connectivity index (χ3v) is 2.73. The summed E-state index contributed by atoms with van der Waals surface area (Å²) in [6.07, 6.45) is 3.10. The summed E-state index contributed by atoms with van der Waals surface area (Å²) in [6, 6.07) is 7.02. The van der Waals surface area contributed by atoms with Crippen molar-refractivity contribution < 1.29 is 9.21 Å². The van der Waals surface area contributed by atoms with Gasteiger partial charge in [-0.2, -0.15) is 0 Å². The molecule has 0 radical (unpaired) electrons. The number of carbonyl (C=O) groups excluding carboxylic acids is 1. The Labute approximate surface area is 101 Å². The number of para-hydroxylation sites is 1. The maximum Gasteiger partial charge on any atom is 0.263 e. The van der Waals surface area contributed by atoms with Crippen molar-refractivity contribution in [1.82, 2.24) is 9.97 Å². The Bertz CT molecular complexity index is 686. The molecule has 5 heteroatoms. The first-order valence-electron chi connectivity index (χ1n) is 4.98. The van der Waals surface area contributed by atoms with Crippen LogP contribution in [0, 0.1) is 0 Å². The number of nitrogens with one attached hydrogen (secondary N) is 1. The van der Waals surface area contributed by atoms with Gasteiger partial charge in [-0.15, -0.1) is 0 Å². The summed E-state index contributed by atoms with van der Waals surface area (Å²) in [5.74, 6) is 0.186. The Kier molecular flexibility index (Phi) is 2.23. The summed E-state index contributed by atoms with van der Waals surface area (Å²) in [4.78, 5) is 18.6. The van der Waals surface area contributed by atoms with Crippen LogP contribution in [0.4, 0.5) is 0 Å². The molecule has 3 rings (SSSR count). The lowest BCUT2D eigenvalue weighted by Crippen LogP contribution is -2.01. The molecule has 0 saturated heterocycles. The molecule has 3 aromatic rings. The van der Waals surface area contributed by atoms with Crippen LogP contribution in [0.25, 0.3) is 11.0 Å². The van der Waals surface area contributed by atoms with E-state index in [1.54, 1.807) is 24.4 Å². The molecule has 1 N–H and O–H groups in total. The number of rotatable bonds is 2. The van der Waals surface area contributed by atoms with E-state index in [0.717, 1.165) is 5.39 Å². The molecule has 0 spiro atoms. The molecule has 84 valence electrons. The fourth-order valence-electron chi connectivity index (χ4n) is 1.65. The molecule has 0 aliphatic heterocycles. The van der Waals surface area contributed by atoms with Crippen molar-refractivity contribution in [1.29, 1.82) is 0 Å². The molecule has 2 heterocycles. The normalized spacial score (nSPS) is 10.9. The van der Waals surface area contributed by atoms with Crippen molar-refractivity contribution in [2.45, 2.75) is 0 Å². The maximum absolute atomic E-state index is 12.0. The third-order valence-electron chi connectivity index (χ3n) is 2.43. The lowest BCUT2D eigenvalue weighted by atomic mass is 10.2. The number of nitrogens with zero attached hydrogens (tertiary/aromatic N) is 1. The van der Waals surface area contributed by atoms with E-state index < -0.39 is 0 Å². The first-order chi connectivity index (χ1) is 8.25. The summed E-state index contributed by atoms with van der Waals surface area (Å²) in [5, 5.41) is 1.29. The van der Waals surface area contributed by atoms with Gasteiger partial charge in [0.2, 0.25) is 0 Å². The average Bonchev–Trinajstić information content (AvgIpc) is 2.98. The van der Waals surface area contributed by atoms with E-state index in [1.807, 2.05) is 6.07 Å². The van der Waals surface area contributed by atoms with Crippen LogP contribution in [0.3, 0.4) is 0 Å². The van der Waals surface area contributed by atoms with Gasteiger partial charge in [0.25, 0.3) is 5.78 Å². The van der Waals surface area contributed by atoms with Crippen molar-refractivity contribution in [2.24, 2.45) is 0 Å². The van der Waals surface area contributed by atoms with Gasteiger partial charge in [0.15, 0.2) is 17.2 Å². The monoisotopic (exact) mass is 246 g/mol. The maximum atomic E-state index is 12.0. The van der Waals surface area contributed by atoms with Gasteiger partial charge in [-0.1, -0.05) is 23.7 Å². The van der Waals surface area contributed by atoms with Crippen LogP contribution in [0.2, 0.25) is 5.02 Å². The number of imidazole rings is 1. The number of ketones is 1. The molecule has 0 unspecified atom stereocenters. The van der Waals surface area contributed by atoms with Crippen molar-refractivity contribution in [3.05, 3.63) is 53.3 Å². The smallest absolute Gasteiger partial charge is 0.263 e. The van der Waals surface area contributed by atoms with Crippen LogP contribution in [0.5, 0.6) is 0 Å². The van der Waals surface area contributed by atoms with Crippen LogP contribution < -0.4 is 0 Å². The number of furan rings is 1. The number of aromatic nitrogens is 2. The highest BCUT2D eigenvalue weighted by atomic mass is 35.5. The van der Waals surface area contributed by atoms with Crippen LogP contribution in [-0.4, -0.2) is 15.8 Å². The van der Waals surface area contributed by atoms with E-state index in [4.69, 9.17) is 16.0 Å². The molecule has 17 heavy (non-hydrogen) atoms. The zero-order valence-electron chi connectivity index (χ0n) is 8.61. The predicted molar refractivity (Wildman–Crippen MR) is 63.2 cm³/mol. The van der Waals surface area contributed by atoms with Gasteiger partial charge in [0.05, 0.1) is 5.02 Å². The summed E-state index contributed by atoms with van der Waals surface area (Å²) in [6.45, 7) is 0. The van der Waals surface area contributed by atoms with Gasteiger partial charge in [0, 0.05) is 17.8 Å². The Balaban J connectivity index is 2.13. The van der Waals surface area contributed by atoms with Crippen molar-refractivity contribution in [3.63, 3.8) is 0 Å². The quantitative estimate of drug-likeness (QED) is 0.707. The highest BCUT2D eigenvalue weighted by molar-refractivity contribution is 6.34. The second-order valence-corrected chi connectivity index (χ2v) is 3.94. The van der Waals surface area contributed by atoms with Gasteiger partial charge in [-0.25, -0.2) is 4.98 Å². The number of fused-ring (bicyclic) bond motifs is 1. The van der Waals surface area contributed by atoms with Crippen LogP contribution in [0.15, 0.2) is 41.1 Å². The molecule has 0 atom stereocenters. The lowest BCUT2D eigenvalue weighted by molar-refractivity contribution is 0.100. The van der Waals surface area contributed by atoms with E-state index >= 15 is 0 Å². The molecule has 1 aromatic carbocycles. The second-order valence-electron chi connectivity index (χ2n) is 3.54. The largest absolute Gasteiger partial charge is 0.451 e. The predicted octanol–water partition coefficient (Wildman–Crippen LogP) is 3.04. The zero-order chi connectivity index (χ0) is 11.8. The number of carbonyl (C=O) groups is 1. The Morgan fingerprint density at radius 2 is 2.29 bits per heavy atom. The van der Waals surface area contributed by atoms with Gasteiger partial charge >= 0.3 is 0 Å². The van der Waals surface area contributed by atoms with Crippen LogP contribution >= 0.6 is 11.6 Å². The molecule has 0 aliphatic carbocycles. The van der Waals surface area contributed by atoms with Crippen molar-refractivity contribution in [2.75, 3.05) is 0 Å². The number of H-pyrrole nitrogens is 1. The first-order valence-corrected chi connectivity index (χ1v) is 5.35. The van der Waals surface area contributed by atoms with E-state index in [0.29, 0.717) is 10.6 Å². The van der Waals surface area contributed by atoms with Gasteiger partial charge in [-0.05, 0) is 12.1 Å². The Hall–Kier alpha value is -2.07. The SMILES string of the molecule is O=C(c1ncc[nH]1)c1cc2cccc(Cl)c2o1. The number of aromatic amines is 1. The fraction of sp³-hybridized carbons (Fsp3) is 0. The van der Waals surface area contributed by atoms with Gasteiger partial charge < -0.3 is 9.40 Å². The number of hydrogen-bond acceptors (Lipinski definition) is 3. The zero-order valence-corrected chi connectivity index (χ0v) is 9.36. The molecule has 2 aromatic heterocycles. The fourth-order valence-corrected chi connectivity index (χ4v) is 1.87. The summed E-state index contributed by atoms with van der Waals surface area (Å²) in [7, 11) is 0. The molecule has 0 amide bonds. The van der Waals surface area contributed by atoms with Crippen molar-refractivity contribution >= 4 is 28.4 Å². The molecular formula is C12H7ClN2O2. The summed E-state index contributed by atoms with van der Waals surface area (Å²) < 4.78 is 5.44. The van der Waals surface area contributed by atoms with Gasteiger partial charge in [0.1, 0.15) is 0 Å². The third kappa shape index (κ3) is 1.62. The average molecular weight is 247 g/mol. The number of benzene rings is 1. The van der Waals surface area contributed by atoms with E-state index in [9.17, 15) is 4.79 Å². The second kappa shape index (κ2) is 3.75. The summed E-state index contributed by atoms with van der Waals surface area (Å²) >= 11 is 5.97. The van der Waals surface area contributed by atoms with Crippen molar-refractivity contribution in [3.8, 4) is 0 Å². The minimum atomic E-state index is -0.290. The number of hydrogen-bond donors (Lipinski definition) is 1. The Morgan fingerprint density at radius 1 is 1.41 bits per heavy atom. The molecule has 4 nitrogen and oxygen atoms in total. The van der Waals surface area contributed by atoms with Gasteiger partial charge in [-0.3, -0.25) is 4.79 Å². The van der Waals surface area contributed by atoms with E-state index in [1.165, 1.54) is 6.20 Å². The Morgan fingerprint density at radius 3 is 3.00 bits per heavy atom. The minimum absolute atomic E-state index is 0.225. The molecular weight excluding hydrogens is 240 g/mol. The van der Waals surface area contributed by atoms with E-state index in [-0.39, 0.29) is 17.4 Å².